The summed E-state index contributed by atoms with van der Waals surface area (Å²) in [5, 5.41) is 3.46. The van der Waals surface area contributed by atoms with Gasteiger partial charge in [-0.2, -0.15) is 0 Å². The normalized spacial score (nSPS) is 11.8. The summed E-state index contributed by atoms with van der Waals surface area (Å²) in [6.07, 6.45) is 1.61. The number of halogens is 2. The van der Waals surface area contributed by atoms with E-state index in [0.717, 1.165) is 0 Å². The first-order valence-corrected chi connectivity index (χ1v) is 8.44. The van der Waals surface area contributed by atoms with Crippen LogP contribution in [0.2, 0.25) is 10.0 Å². The van der Waals surface area contributed by atoms with Crippen LogP contribution in [-0.4, -0.2) is 25.1 Å². The lowest BCUT2D eigenvalue weighted by atomic mass is 10.2. The maximum atomic E-state index is 12.2. The largest absolute Gasteiger partial charge is 0.495 e. The number of amides is 1. The summed E-state index contributed by atoms with van der Waals surface area (Å²) < 4.78 is 10.3. The molecule has 0 bridgehead atoms. The molecule has 2 aromatic rings. The van der Waals surface area contributed by atoms with E-state index >= 15 is 0 Å². The van der Waals surface area contributed by atoms with Crippen molar-refractivity contribution in [3.63, 3.8) is 0 Å². The van der Waals surface area contributed by atoms with Crippen LogP contribution in [0.4, 0.5) is 5.69 Å². The average Bonchev–Trinajstić information content (AvgIpc) is 2.61. The molecule has 7 heteroatoms. The number of carbonyl (C=O) groups excluding carboxylic acids is 2. The minimum absolute atomic E-state index is 0.406. The Hall–Kier alpha value is -2.50. The molecule has 1 N–H and O–H groups in total. The number of ether oxygens (including phenoxy) is 2. The number of anilines is 1. The van der Waals surface area contributed by atoms with Crippen molar-refractivity contribution in [2.75, 3.05) is 12.4 Å². The van der Waals surface area contributed by atoms with Crippen LogP contribution in [0.3, 0.4) is 0 Å². The summed E-state index contributed by atoms with van der Waals surface area (Å²) in [4.78, 5) is 24.1. The number of para-hydroxylation sites is 2. The van der Waals surface area contributed by atoms with E-state index in [4.69, 9.17) is 32.7 Å². The third-order valence-corrected chi connectivity index (χ3v) is 4.07. The van der Waals surface area contributed by atoms with Crippen molar-refractivity contribution in [2.24, 2.45) is 0 Å². The predicted molar refractivity (Wildman–Crippen MR) is 103 cm³/mol. The van der Waals surface area contributed by atoms with E-state index in [1.807, 2.05) is 0 Å². The first kappa shape index (κ1) is 19.8. The molecule has 26 heavy (non-hydrogen) atoms. The van der Waals surface area contributed by atoms with E-state index < -0.39 is 18.0 Å². The molecule has 5 nitrogen and oxygen atoms in total. The number of esters is 1. The topological polar surface area (TPSA) is 64.6 Å². The van der Waals surface area contributed by atoms with Crippen molar-refractivity contribution >= 4 is 46.8 Å². The summed E-state index contributed by atoms with van der Waals surface area (Å²) in [5.41, 5.74) is 0.986. The number of rotatable bonds is 6. The van der Waals surface area contributed by atoms with Crippen LogP contribution in [0, 0.1) is 0 Å². The van der Waals surface area contributed by atoms with Crippen molar-refractivity contribution in [1.29, 1.82) is 0 Å². The third kappa shape index (κ3) is 5.25. The van der Waals surface area contributed by atoms with Crippen LogP contribution in [0.25, 0.3) is 6.08 Å². The number of benzene rings is 2. The van der Waals surface area contributed by atoms with Gasteiger partial charge in [-0.25, -0.2) is 4.79 Å². The van der Waals surface area contributed by atoms with E-state index in [1.165, 1.54) is 26.2 Å². The Bertz CT molecular complexity index is 816. The van der Waals surface area contributed by atoms with Gasteiger partial charge in [-0.15, -0.1) is 0 Å². The van der Waals surface area contributed by atoms with Crippen LogP contribution < -0.4 is 10.1 Å². The van der Waals surface area contributed by atoms with Crippen LogP contribution in [0.15, 0.2) is 48.5 Å². The molecule has 1 amide bonds. The SMILES string of the molecule is COc1ccccc1NC(=O)[C@H](C)OC(=O)/C=C/c1c(Cl)cccc1Cl. The average molecular weight is 394 g/mol. The zero-order chi connectivity index (χ0) is 19.1. The summed E-state index contributed by atoms with van der Waals surface area (Å²) in [5.74, 6) is -0.664. The maximum Gasteiger partial charge on any atom is 0.331 e. The molecule has 0 aliphatic carbocycles. The number of methoxy groups -OCH3 is 1. The highest BCUT2D eigenvalue weighted by molar-refractivity contribution is 6.37. The number of carbonyl (C=O) groups is 2. The lowest BCUT2D eigenvalue weighted by molar-refractivity contribution is -0.148. The minimum Gasteiger partial charge on any atom is -0.495 e. The van der Waals surface area contributed by atoms with E-state index in [0.29, 0.717) is 27.0 Å². The standard InChI is InChI=1S/C19H17Cl2NO4/c1-12(19(24)22-16-8-3-4-9-17(16)25-2)26-18(23)11-10-13-14(20)6-5-7-15(13)21/h3-12H,1-2H3,(H,22,24)/b11-10+/t12-/m0/s1. The molecule has 0 radical (unpaired) electrons. The molecule has 0 unspecified atom stereocenters. The fourth-order valence-electron chi connectivity index (χ4n) is 2.07. The lowest BCUT2D eigenvalue weighted by Gasteiger charge is -2.14. The van der Waals surface area contributed by atoms with Crippen LogP contribution in [0.5, 0.6) is 5.75 Å². The number of hydrogen-bond donors (Lipinski definition) is 1. The molecule has 0 aliphatic heterocycles. The van der Waals surface area contributed by atoms with Gasteiger partial charge in [0.05, 0.1) is 12.8 Å². The molecule has 1 atom stereocenters. The van der Waals surface area contributed by atoms with E-state index in [-0.39, 0.29) is 0 Å². The highest BCUT2D eigenvalue weighted by Gasteiger charge is 2.18. The molecular weight excluding hydrogens is 377 g/mol. The van der Waals surface area contributed by atoms with Crippen molar-refractivity contribution < 1.29 is 19.1 Å². The summed E-state index contributed by atoms with van der Waals surface area (Å²) in [6, 6.07) is 11.9. The predicted octanol–water partition coefficient (Wildman–Crippen LogP) is 4.59. The van der Waals surface area contributed by atoms with Gasteiger partial charge in [0.2, 0.25) is 0 Å². The van der Waals surface area contributed by atoms with Gasteiger partial charge >= 0.3 is 5.97 Å². The van der Waals surface area contributed by atoms with Crippen LogP contribution >= 0.6 is 23.2 Å². The van der Waals surface area contributed by atoms with Gasteiger partial charge < -0.3 is 14.8 Å². The highest BCUT2D eigenvalue weighted by Crippen LogP contribution is 2.25. The zero-order valence-corrected chi connectivity index (χ0v) is 15.7. The quantitative estimate of drug-likeness (QED) is 0.575. The fourth-order valence-corrected chi connectivity index (χ4v) is 2.59. The Morgan fingerprint density at radius 3 is 2.38 bits per heavy atom. The second-order valence-corrected chi connectivity index (χ2v) is 6.05. The van der Waals surface area contributed by atoms with Crippen LogP contribution in [0.1, 0.15) is 12.5 Å². The maximum absolute atomic E-state index is 12.2. The van der Waals surface area contributed by atoms with Crippen molar-refractivity contribution in [2.45, 2.75) is 13.0 Å². The Morgan fingerprint density at radius 2 is 1.73 bits per heavy atom. The number of hydrogen-bond acceptors (Lipinski definition) is 4. The third-order valence-electron chi connectivity index (χ3n) is 3.41. The second kappa shape index (κ2) is 9.27. The van der Waals surface area contributed by atoms with Gasteiger partial charge in [0.25, 0.3) is 5.91 Å². The molecule has 0 fully saturated rings. The Balaban J connectivity index is 1.98. The zero-order valence-electron chi connectivity index (χ0n) is 14.2. The van der Waals surface area contributed by atoms with E-state index in [1.54, 1.807) is 42.5 Å². The van der Waals surface area contributed by atoms with Crippen molar-refractivity contribution in [3.05, 3.63) is 64.1 Å². The molecular formula is C19H17Cl2NO4. The lowest BCUT2D eigenvalue weighted by Crippen LogP contribution is -2.29. The monoisotopic (exact) mass is 393 g/mol. The van der Waals surface area contributed by atoms with Gasteiger partial charge in [-0.3, -0.25) is 4.79 Å². The van der Waals surface area contributed by atoms with Crippen molar-refractivity contribution in [3.8, 4) is 5.75 Å². The molecule has 2 aromatic carbocycles. The highest BCUT2D eigenvalue weighted by atomic mass is 35.5. The minimum atomic E-state index is -1.00. The summed E-state index contributed by atoms with van der Waals surface area (Å²) in [7, 11) is 1.50. The second-order valence-electron chi connectivity index (χ2n) is 5.24. The first-order chi connectivity index (χ1) is 12.4. The van der Waals surface area contributed by atoms with Gasteiger partial charge in [-0.05, 0) is 37.3 Å². The Morgan fingerprint density at radius 1 is 1.08 bits per heavy atom. The summed E-state index contributed by atoms with van der Waals surface area (Å²) >= 11 is 12.0. The molecule has 2 rings (SSSR count). The fraction of sp³-hybridized carbons (Fsp3) is 0.158. The molecule has 136 valence electrons. The van der Waals surface area contributed by atoms with Crippen LogP contribution in [-0.2, 0) is 14.3 Å². The van der Waals surface area contributed by atoms with Gasteiger partial charge in [-0.1, -0.05) is 41.4 Å². The molecule has 0 saturated carbocycles. The van der Waals surface area contributed by atoms with Gasteiger partial charge in [0, 0.05) is 21.7 Å². The molecule has 0 heterocycles. The Kier molecular flexibility index (Phi) is 7.06. The molecule has 0 saturated heterocycles. The molecule has 0 aromatic heterocycles. The number of nitrogens with one attached hydrogen (secondary N) is 1. The smallest absolute Gasteiger partial charge is 0.331 e. The van der Waals surface area contributed by atoms with E-state index in [9.17, 15) is 9.59 Å². The van der Waals surface area contributed by atoms with Gasteiger partial charge in [0.1, 0.15) is 5.75 Å². The first-order valence-electron chi connectivity index (χ1n) is 7.69. The van der Waals surface area contributed by atoms with Crippen molar-refractivity contribution in [1.82, 2.24) is 0 Å². The Labute approximate surface area is 161 Å². The van der Waals surface area contributed by atoms with Gasteiger partial charge in [0.15, 0.2) is 6.10 Å². The molecule has 0 aliphatic rings. The summed E-state index contributed by atoms with van der Waals surface area (Å²) in [6.45, 7) is 1.47. The molecule has 0 spiro atoms. The van der Waals surface area contributed by atoms with E-state index in [2.05, 4.69) is 5.32 Å².